The van der Waals surface area contributed by atoms with Crippen molar-refractivity contribution in [3.05, 3.63) is 33.2 Å². The second kappa shape index (κ2) is 9.88. The average molecular weight is 468 g/mol. The summed E-state index contributed by atoms with van der Waals surface area (Å²) in [6, 6.07) is 3.28. The minimum absolute atomic E-state index is 0.131. The van der Waals surface area contributed by atoms with E-state index < -0.39 is 11.9 Å². The normalized spacial score (nSPS) is 12.1. The fourth-order valence-electron chi connectivity index (χ4n) is 2.93. The van der Waals surface area contributed by atoms with Gasteiger partial charge in [-0.15, -0.1) is 11.3 Å². The summed E-state index contributed by atoms with van der Waals surface area (Å²) < 4.78 is 16.1. The van der Waals surface area contributed by atoms with E-state index in [9.17, 15) is 14.4 Å². The van der Waals surface area contributed by atoms with Crippen LogP contribution in [-0.4, -0.2) is 51.2 Å². The molecule has 31 heavy (non-hydrogen) atoms. The predicted molar refractivity (Wildman–Crippen MR) is 118 cm³/mol. The molecule has 0 saturated heterocycles. The van der Waals surface area contributed by atoms with E-state index in [0.29, 0.717) is 45.9 Å². The Balaban J connectivity index is 1.75. The van der Waals surface area contributed by atoms with Crippen molar-refractivity contribution in [2.75, 3.05) is 44.0 Å². The van der Waals surface area contributed by atoms with Crippen LogP contribution in [-0.2, 0) is 9.53 Å². The van der Waals surface area contributed by atoms with Crippen LogP contribution in [0.2, 0.25) is 5.02 Å². The Morgan fingerprint density at radius 3 is 2.52 bits per heavy atom. The molecule has 1 aromatic heterocycles. The van der Waals surface area contributed by atoms with Gasteiger partial charge in [0, 0.05) is 19.2 Å². The molecule has 1 aromatic carbocycles. The maximum atomic E-state index is 12.6. The highest BCUT2D eigenvalue weighted by Gasteiger charge is 2.26. The number of carbonyl (C=O) groups excluding carboxylic acids is 3. The fourth-order valence-corrected chi connectivity index (χ4v) is 4.30. The van der Waals surface area contributed by atoms with Gasteiger partial charge in [-0.2, -0.15) is 0 Å². The van der Waals surface area contributed by atoms with Gasteiger partial charge in [-0.3, -0.25) is 9.59 Å². The summed E-state index contributed by atoms with van der Waals surface area (Å²) in [5, 5.41) is 8.76. The largest absolute Gasteiger partial charge is 0.486 e. The summed E-state index contributed by atoms with van der Waals surface area (Å²) in [6.07, 6.45) is 0. The zero-order valence-electron chi connectivity index (χ0n) is 17.2. The van der Waals surface area contributed by atoms with Crippen LogP contribution < -0.4 is 25.4 Å². The number of carbonyl (C=O) groups is 3. The van der Waals surface area contributed by atoms with Gasteiger partial charge in [0.1, 0.15) is 18.2 Å². The average Bonchev–Trinajstić information content (AvgIpc) is 3.07. The number of benzene rings is 1. The van der Waals surface area contributed by atoms with Gasteiger partial charge in [0.05, 0.1) is 34.3 Å². The van der Waals surface area contributed by atoms with Crippen molar-refractivity contribution in [1.29, 1.82) is 0 Å². The van der Waals surface area contributed by atoms with Crippen molar-refractivity contribution in [2.45, 2.75) is 13.8 Å². The molecule has 9 nitrogen and oxygen atoms in total. The third-order valence-corrected chi connectivity index (χ3v) is 5.90. The van der Waals surface area contributed by atoms with E-state index >= 15 is 0 Å². The number of amides is 2. The Kier molecular flexibility index (Phi) is 7.24. The molecule has 0 spiro atoms. The summed E-state index contributed by atoms with van der Waals surface area (Å²) in [5.41, 5.74) is 1.11. The lowest BCUT2D eigenvalue weighted by Gasteiger charge is -2.20. The first-order valence-electron chi connectivity index (χ1n) is 9.51. The molecule has 0 fully saturated rings. The highest BCUT2D eigenvalue weighted by atomic mass is 35.5. The minimum atomic E-state index is -0.607. The van der Waals surface area contributed by atoms with Gasteiger partial charge in [0.15, 0.2) is 11.5 Å². The molecule has 0 bridgehead atoms. The Labute approximate surface area is 188 Å². The number of ether oxygens (including phenoxy) is 3. The molecule has 0 aliphatic carbocycles. The lowest BCUT2D eigenvalue weighted by Crippen LogP contribution is -2.23. The smallest absolute Gasteiger partial charge is 0.341 e. The molecule has 1 aliphatic heterocycles. The highest BCUT2D eigenvalue weighted by molar-refractivity contribution is 7.18. The molecular formula is C20H22ClN3O6S. The SMILES string of the molecule is CCOC(=O)c1c(NC(=O)CNc2cc3c(cc2Cl)OCCO3)sc(C(=O)NC)c1C. The van der Waals surface area contributed by atoms with Gasteiger partial charge in [-0.05, 0) is 19.4 Å². The standard InChI is InChI=1S/C20H22ClN3O6S/c1-4-28-20(27)16-10(2)17(18(26)22-3)31-19(16)24-15(25)9-23-12-8-14-13(7-11(12)21)29-5-6-30-14/h7-8,23H,4-6,9H2,1-3H3,(H,22,26)(H,24,25). The molecular weight excluding hydrogens is 446 g/mol. The highest BCUT2D eigenvalue weighted by Crippen LogP contribution is 2.38. The number of halogens is 1. The summed E-state index contributed by atoms with van der Waals surface area (Å²) >= 11 is 7.26. The molecule has 0 radical (unpaired) electrons. The molecule has 11 heteroatoms. The van der Waals surface area contributed by atoms with Crippen molar-refractivity contribution >= 4 is 51.4 Å². The Morgan fingerprint density at radius 2 is 1.87 bits per heavy atom. The van der Waals surface area contributed by atoms with Crippen LogP contribution in [0.1, 0.15) is 32.5 Å². The van der Waals surface area contributed by atoms with Crippen LogP contribution in [0.5, 0.6) is 11.5 Å². The van der Waals surface area contributed by atoms with Gasteiger partial charge in [0.25, 0.3) is 5.91 Å². The van der Waals surface area contributed by atoms with Crippen LogP contribution >= 0.6 is 22.9 Å². The van der Waals surface area contributed by atoms with Crippen molar-refractivity contribution < 1.29 is 28.6 Å². The van der Waals surface area contributed by atoms with Crippen molar-refractivity contribution in [1.82, 2.24) is 5.32 Å². The number of fused-ring (bicyclic) bond motifs is 1. The van der Waals surface area contributed by atoms with Crippen LogP contribution in [0.15, 0.2) is 12.1 Å². The lowest BCUT2D eigenvalue weighted by atomic mass is 10.1. The van der Waals surface area contributed by atoms with Gasteiger partial charge in [0.2, 0.25) is 5.91 Å². The zero-order valence-corrected chi connectivity index (χ0v) is 18.8. The quantitative estimate of drug-likeness (QED) is 0.536. The molecule has 0 atom stereocenters. The predicted octanol–water partition coefficient (Wildman–Crippen LogP) is 3.07. The fraction of sp³-hybridized carbons (Fsp3) is 0.350. The van der Waals surface area contributed by atoms with E-state index in [4.69, 9.17) is 25.8 Å². The van der Waals surface area contributed by atoms with Crippen LogP contribution in [0.3, 0.4) is 0 Å². The summed E-state index contributed by atoms with van der Waals surface area (Å²) in [6.45, 7) is 4.22. The van der Waals surface area contributed by atoms with Gasteiger partial charge in [-0.1, -0.05) is 11.6 Å². The summed E-state index contributed by atoms with van der Waals surface area (Å²) in [4.78, 5) is 37.4. The van der Waals surface area contributed by atoms with E-state index in [2.05, 4.69) is 16.0 Å². The number of rotatable bonds is 7. The number of esters is 1. The Bertz CT molecular complexity index is 1020. The molecule has 3 rings (SSSR count). The van der Waals surface area contributed by atoms with Crippen molar-refractivity contribution in [3.63, 3.8) is 0 Å². The molecule has 2 heterocycles. The third-order valence-electron chi connectivity index (χ3n) is 4.38. The first-order valence-corrected chi connectivity index (χ1v) is 10.7. The molecule has 2 amide bonds. The van der Waals surface area contributed by atoms with Crippen LogP contribution in [0.4, 0.5) is 10.7 Å². The van der Waals surface area contributed by atoms with Crippen molar-refractivity contribution in [3.8, 4) is 11.5 Å². The third kappa shape index (κ3) is 5.02. The maximum Gasteiger partial charge on any atom is 0.341 e. The minimum Gasteiger partial charge on any atom is -0.486 e. The molecule has 3 N–H and O–H groups in total. The Hall–Kier alpha value is -2.98. The number of anilines is 2. The molecule has 0 saturated carbocycles. The van der Waals surface area contributed by atoms with E-state index in [-0.39, 0.29) is 29.6 Å². The van der Waals surface area contributed by atoms with Crippen LogP contribution in [0.25, 0.3) is 0 Å². The second-order valence-electron chi connectivity index (χ2n) is 6.44. The lowest BCUT2D eigenvalue weighted by molar-refractivity contribution is -0.114. The number of thiophene rings is 1. The molecule has 2 aromatic rings. The van der Waals surface area contributed by atoms with Gasteiger partial charge >= 0.3 is 5.97 Å². The first kappa shape index (κ1) is 22.7. The van der Waals surface area contributed by atoms with E-state index in [0.717, 1.165) is 11.3 Å². The topological polar surface area (TPSA) is 115 Å². The van der Waals surface area contributed by atoms with Crippen molar-refractivity contribution in [2.24, 2.45) is 0 Å². The summed E-state index contributed by atoms with van der Waals surface area (Å²) in [7, 11) is 1.49. The van der Waals surface area contributed by atoms with Gasteiger partial charge in [-0.25, -0.2) is 4.79 Å². The maximum absolute atomic E-state index is 12.6. The number of hydrogen-bond acceptors (Lipinski definition) is 8. The summed E-state index contributed by atoms with van der Waals surface area (Å²) in [5.74, 6) is -0.311. The number of nitrogens with one attached hydrogen (secondary N) is 3. The molecule has 0 unspecified atom stereocenters. The Morgan fingerprint density at radius 1 is 1.19 bits per heavy atom. The van der Waals surface area contributed by atoms with E-state index in [1.54, 1.807) is 26.0 Å². The zero-order chi connectivity index (χ0) is 22.5. The van der Waals surface area contributed by atoms with Gasteiger partial charge < -0.3 is 30.2 Å². The van der Waals surface area contributed by atoms with E-state index in [1.165, 1.54) is 7.05 Å². The number of hydrogen-bond donors (Lipinski definition) is 3. The molecule has 1 aliphatic rings. The second-order valence-corrected chi connectivity index (χ2v) is 7.87. The molecule has 166 valence electrons. The first-order chi connectivity index (χ1) is 14.8. The van der Waals surface area contributed by atoms with E-state index in [1.807, 2.05) is 0 Å². The monoisotopic (exact) mass is 467 g/mol. The van der Waals surface area contributed by atoms with Crippen LogP contribution in [0, 0.1) is 6.92 Å².